The molecule has 0 bridgehead atoms. The maximum Gasteiger partial charge on any atom is 0.326 e. The number of carbonyl (C=O) groups is 3. The van der Waals surface area contributed by atoms with Crippen molar-refractivity contribution in [2.45, 2.75) is 40.2 Å². The number of carboxylic acid groups (broad SMARTS) is 1. The van der Waals surface area contributed by atoms with E-state index in [0.29, 0.717) is 12.0 Å². The van der Waals surface area contributed by atoms with Crippen LogP contribution in [0.3, 0.4) is 0 Å². The molecule has 1 aromatic rings. The lowest BCUT2D eigenvalue weighted by Crippen LogP contribution is -2.46. The van der Waals surface area contributed by atoms with Gasteiger partial charge in [-0.25, -0.2) is 4.79 Å². The standard InChI is InChI=1S/C17H24N2O4/c1-10(2)8-14(17(22)23)19-15(20)9-18-16(21)13-7-5-6-11(3)12(13)4/h5-7,10,14H,8-9H2,1-4H3,(H,18,21)(H,19,20)(H,22,23)/t14-/m0/s1. The van der Waals surface area contributed by atoms with Crippen molar-refractivity contribution >= 4 is 17.8 Å². The van der Waals surface area contributed by atoms with E-state index in [0.717, 1.165) is 11.1 Å². The lowest BCUT2D eigenvalue weighted by molar-refractivity contribution is -0.142. The Morgan fingerprint density at radius 3 is 2.39 bits per heavy atom. The molecular weight excluding hydrogens is 296 g/mol. The van der Waals surface area contributed by atoms with Gasteiger partial charge in [0, 0.05) is 5.56 Å². The summed E-state index contributed by atoms with van der Waals surface area (Å²) in [7, 11) is 0. The molecule has 1 atom stereocenters. The highest BCUT2D eigenvalue weighted by Gasteiger charge is 2.21. The van der Waals surface area contributed by atoms with Crippen LogP contribution >= 0.6 is 0 Å². The molecule has 0 saturated heterocycles. The van der Waals surface area contributed by atoms with Crippen LogP contribution in [0.1, 0.15) is 41.8 Å². The first-order valence-electron chi connectivity index (χ1n) is 7.59. The maximum atomic E-state index is 12.1. The first-order chi connectivity index (χ1) is 10.7. The fourth-order valence-corrected chi connectivity index (χ4v) is 2.19. The molecule has 0 aromatic heterocycles. The Kier molecular flexibility index (Phi) is 6.75. The normalized spacial score (nSPS) is 11.9. The molecule has 0 spiro atoms. The number of carbonyl (C=O) groups excluding carboxylic acids is 2. The Labute approximate surface area is 136 Å². The summed E-state index contributed by atoms with van der Waals surface area (Å²) < 4.78 is 0. The van der Waals surface area contributed by atoms with Crippen molar-refractivity contribution in [3.63, 3.8) is 0 Å². The zero-order valence-corrected chi connectivity index (χ0v) is 14.0. The highest BCUT2D eigenvalue weighted by Crippen LogP contribution is 2.12. The number of nitrogens with one attached hydrogen (secondary N) is 2. The van der Waals surface area contributed by atoms with Crippen LogP contribution in [0.2, 0.25) is 0 Å². The van der Waals surface area contributed by atoms with E-state index in [-0.39, 0.29) is 18.4 Å². The highest BCUT2D eigenvalue weighted by atomic mass is 16.4. The third-order valence-electron chi connectivity index (χ3n) is 3.60. The lowest BCUT2D eigenvalue weighted by Gasteiger charge is -2.16. The predicted molar refractivity (Wildman–Crippen MR) is 87.3 cm³/mol. The van der Waals surface area contributed by atoms with Crippen molar-refractivity contribution in [1.82, 2.24) is 10.6 Å². The van der Waals surface area contributed by atoms with Crippen molar-refractivity contribution in [2.75, 3.05) is 6.54 Å². The zero-order valence-electron chi connectivity index (χ0n) is 14.0. The van der Waals surface area contributed by atoms with Crippen LogP contribution in [0.5, 0.6) is 0 Å². The Hall–Kier alpha value is -2.37. The summed E-state index contributed by atoms with van der Waals surface area (Å²) in [4.78, 5) is 35.1. The van der Waals surface area contributed by atoms with Gasteiger partial charge in [-0.15, -0.1) is 0 Å². The van der Waals surface area contributed by atoms with Gasteiger partial charge in [0.25, 0.3) is 5.91 Å². The second-order valence-corrected chi connectivity index (χ2v) is 6.02. The number of aryl methyl sites for hydroxylation is 1. The molecule has 6 heteroatoms. The minimum absolute atomic E-state index is 0.140. The van der Waals surface area contributed by atoms with Crippen LogP contribution in [0.4, 0.5) is 0 Å². The molecule has 1 rings (SSSR count). The number of carboxylic acids is 1. The van der Waals surface area contributed by atoms with Crippen LogP contribution in [0.25, 0.3) is 0 Å². The molecule has 0 radical (unpaired) electrons. The molecule has 23 heavy (non-hydrogen) atoms. The van der Waals surface area contributed by atoms with Crippen molar-refractivity contribution in [3.8, 4) is 0 Å². The summed E-state index contributed by atoms with van der Waals surface area (Å²) in [6.45, 7) is 7.25. The SMILES string of the molecule is Cc1cccc(C(=O)NCC(=O)N[C@@H](CC(C)C)C(=O)O)c1C. The summed E-state index contributed by atoms with van der Waals surface area (Å²) in [6.07, 6.45) is 0.339. The van der Waals surface area contributed by atoms with E-state index in [1.807, 2.05) is 33.8 Å². The summed E-state index contributed by atoms with van der Waals surface area (Å²) in [6, 6.07) is 4.43. The molecule has 0 unspecified atom stereocenters. The molecule has 0 aliphatic heterocycles. The van der Waals surface area contributed by atoms with Gasteiger partial charge >= 0.3 is 5.97 Å². The zero-order chi connectivity index (χ0) is 17.6. The van der Waals surface area contributed by atoms with Crippen LogP contribution in [0, 0.1) is 19.8 Å². The Morgan fingerprint density at radius 1 is 1.17 bits per heavy atom. The quantitative estimate of drug-likeness (QED) is 0.712. The van der Waals surface area contributed by atoms with Crippen LogP contribution in [0.15, 0.2) is 18.2 Å². The molecular formula is C17H24N2O4. The Morgan fingerprint density at radius 2 is 1.83 bits per heavy atom. The van der Waals surface area contributed by atoms with Crippen LogP contribution in [-0.2, 0) is 9.59 Å². The van der Waals surface area contributed by atoms with Gasteiger partial charge in [0.2, 0.25) is 5.91 Å². The number of rotatable bonds is 7. The molecule has 1 aromatic carbocycles. The summed E-state index contributed by atoms with van der Waals surface area (Å²) in [5, 5.41) is 14.0. The van der Waals surface area contributed by atoms with Gasteiger partial charge in [-0.1, -0.05) is 26.0 Å². The minimum Gasteiger partial charge on any atom is -0.480 e. The average molecular weight is 320 g/mol. The molecule has 0 heterocycles. The number of amides is 2. The van der Waals surface area contributed by atoms with E-state index >= 15 is 0 Å². The molecule has 0 aliphatic rings. The third kappa shape index (κ3) is 5.73. The predicted octanol–water partition coefficient (Wildman–Crippen LogP) is 1.65. The highest BCUT2D eigenvalue weighted by molar-refractivity contribution is 5.98. The molecule has 3 N–H and O–H groups in total. The number of hydrogen-bond donors (Lipinski definition) is 3. The van der Waals surface area contributed by atoms with Crippen molar-refractivity contribution in [2.24, 2.45) is 5.92 Å². The third-order valence-corrected chi connectivity index (χ3v) is 3.60. The topological polar surface area (TPSA) is 95.5 Å². The van der Waals surface area contributed by atoms with Gasteiger partial charge in [0.1, 0.15) is 6.04 Å². The van der Waals surface area contributed by atoms with Crippen LogP contribution in [-0.4, -0.2) is 35.5 Å². The Balaban J connectivity index is 2.60. The number of aliphatic carboxylic acids is 1. The molecule has 126 valence electrons. The van der Waals surface area contributed by atoms with Gasteiger partial charge in [-0.3, -0.25) is 9.59 Å². The molecule has 0 aliphatic carbocycles. The van der Waals surface area contributed by atoms with E-state index in [1.54, 1.807) is 12.1 Å². The average Bonchev–Trinajstić information content (AvgIpc) is 2.46. The lowest BCUT2D eigenvalue weighted by atomic mass is 10.0. The molecule has 6 nitrogen and oxygen atoms in total. The Bertz CT molecular complexity index is 596. The van der Waals surface area contributed by atoms with E-state index in [1.165, 1.54) is 0 Å². The number of hydrogen-bond acceptors (Lipinski definition) is 3. The summed E-state index contributed by atoms with van der Waals surface area (Å²) in [5.41, 5.74) is 2.35. The van der Waals surface area contributed by atoms with Crippen molar-refractivity contribution in [3.05, 3.63) is 34.9 Å². The van der Waals surface area contributed by atoms with E-state index < -0.39 is 17.9 Å². The van der Waals surface area contributed by atoms with E-state index in [4.69, 9.17) is 5.11 Å². The fourth-order valence-electron chi connectivity index (χ4n) is 2.19. The van der Waals surface area contributed by atoms with Crippen molar-refractivity contribution in [1.29, 1.82) is 0 Å². The maximum absolute atomic E-state index is 12.1. The van der Waals surface area contributed by atoms with Crippen molar-refractivity contribution < 1.29 is 19.5 Å². The minimum atomic E-state index is -1.08. The smallest absolute Gasteiger partial charge is 0.326 e. The first kappa shape index (κ1) is 18.7. The van der Waals surface area contributed by atoms with Gasteiger partial charge < -0.3 is 15.7 Å². The summed E-state index contributed by atoms with van der Waals surface area (Å²) >= 11 is 0. The first-order valence-corrected chi connectivity index (χ1v) is 7.59. The van der Waals surface area contributed by atoms with Gasteiger partial charge in [-0.2, -0.15) is 0 Å². The summed E-state index contributed by atoms with van der Waals surface area (Å²) in [5.74, 6) is -1.80. The monoisotopic (exact) mass is 320 g/mol. The fraction of sp³-hybridized carbons (Fsp3) is 0.471. The molecule has 0 fully saturated rings. The largest absolute Gasteiger partial charge is 0.480 e. The second-order valence-electron chi connectivity index (χ2n) is 6.02. The molecule has 0 saturated carbocycles. The van der Waals surface area contributed by atoms with Gasteiger partial charge in [0.15, 0.2) is 0 Å². The number of benzene rings is 1. The van der Waals surface area contributed by atoms with Gasteiger partial charge in [-0.05, 0) is 43.4 Å². The van der Waals surface area contributed by atoms with Gasteiger partial charge in [0.05, 0.1) is 6.54 Å². The van der Waals surface area contributed by atoms with Crippen LogP contribution < -0.4 is 10.6 Å². The second kappa shape index (κ2) is 8.31. The van der Waals surface area contributed by atoms with E-state index in [9.17, 15) is 14.4 Å². The van der Waals surface area contributed by atoms with E-state index in [2.05, 4.69) is 10.6 Å². The molecule has 2 amide bonds.